The van der Waals surface area contributed by atoms with Crippen LogP contribution in [-0.4, -0.2) is 33.4 Å². The zero-order valence-electron chi connectivity index (χ0n) is 14.5. The second-order valence-corrected chi connectivity index (χ2v) is 6.27. The molecule has 1 aromatic carbocycles. The Kier molecular flexibility index (Phi) is 5.02. The van der Waals surface area contributed by atoms with Crippen LogP contribution in [0.1, 0.15) is 43.6 Å². The number of hydrogen-bond donors (Lipinski definition) is 3. The average molecular weight is 341 g/mol. The number of carbonyl (C=O) groups excluding carboxylic acids is 2. The number of nitrogens with zero attached hydrogens (tertiary/aromatic N) is 2. The van der Waals surface area contributed by atoms with Crippen molar-refractivity contribution in [3.63, 3.8) is 0 Å². The Morgan fingerprint density at radius 3 is 2.68 bits per heavy atom. The molecule has 1 aliphatic rings. The summed E-state index contributed by atoms with van der Waals surface area (Å²) in [5.74, 6) is 0.680. The summed E-state index contributed by atoms with van der Waals surface area (Å²) in [6.45, 7) is 4.04. The highest BCUT2D eigenvalue weighted by molar-refractivity contribution is 5.94. The van der Waals surface area contributed by atoms with E-state index in [1.165, 1.54) is 6.92 Å². The number of nitrogens with one attached hydrogen (secondary N) is 3. The summed E-state index contributed by atoms with van der Waals surface area (Å²) in [5.41, 5.74) is 2.23. The lowest BCUT2D eigenvalue weighted by Crippen LogP contribution is -2.41. The SMILES string of the molecule is CC(=O)Nc1cccc(NC(=O)N2CCCC[C@@H]2c2ncc[nH]2)c1C. The summed E-state index contributed by atoms with van der Waals surface area (Å²) in [7, 11) is 0. The molecule has 3 amide bonds. The van der Waals surface area contributed by atoms with Gasteiger partial charge in [0.1, 0.15) is 5.82 Å². The van der Waals surface area contributed by atoms with Crippen LogP contribution in [0.3, 0.4) is 0 Å². The molecule has 25 heavy (non-hydrogen) atoms. The van der Waals surface area contributed by atoms with Crippen LogP contribution in [0, 0.1) is 6.92 Å². The molecular weight excluding hydrogens is 318 g/mol. The molecule has 0 saturated carbocycles. The molecule has 0 spiro atoms. The Morgan fingerprint density at radius 2 is 2.00 bits per heavy atom. The van der Waals surface area contributed by atoms with Crippen molar-refractivity contribution in [1.29, 1.82) is 0 Å². The number of piperidine rings is 1. The van der Waals surface area contributed by atoms with Gasteiger partial charge < -0.3 is 20.5 Å². The number of imidazole rings is 1. The summed E-state index contributed by atoms with van der Waals surface area (Å²) >= 11 is 0. The first-order valence-corrected chi connectivity index (χ1v) is 8.50. The highest BCUT2D eigenvalue weighted by atomic mass is 16.2. The van der Waals surface area contributed by atoms with E-state index in [9.17, 15) is 9.59 Å². The van der Waals surface area contributed by atoms with E-state index in [1.807, 2.05) is 30.0 Å². The first-order chi connectivity index (χ1) is 12.1. The van der Waals surface area contributed by atoms with Gasteiger partial charge in [0.2, 0.25) is 5.91 Å². The molecule has 7 heteroatoms. The van der Waals surface area contributed by atoms with Crippen molar-refractivity contribution in [2.45, 2.75) is 39.2 Å². The molecule has 1 saturated heterocycles. The van der Waals surface area contributed by atoms with Crippen molar-refractivity contribution in [2.24, 2.45) is 0 Å². The van der Waals surface area contributed by atoms with Gasteiger partial charge in [-0.2, -0.15) is 0 Å². The average Bonchev–Trinajstić information content (AvgIpc) is 3.12. The van der Waals surface area contributed by atoms with E-state index in [1.54, 1.807) is 12.4 Å². The third-order valence-electron chi connectivity index (χ3n) is 4.48. The molecule has 132 valence electrons. The molecule has 1 fully saturated rings. The Morgan fingerprint density at radius 1 is 1.24 bits per heavy atom. The molecule has 7 nitrogen and oxygen atoms in total. The fraction of sp³-hybridized carbons (Fsp3) is 0.389. The number of H-pyrrole nitrogens is 1. The van der Waals surface area contributed by atoms with E-state index in [4.69, 9.17) is 0 Å². The molecule has 2 aromatic rings. The van der Waals surface area contributed by atoms with Gasteiger partial charge in [-0.15, -0.1) is 0 Å². The standard InChI is InChI=1S/C18H23N5O2/c1-12-14(21-13(2)24)6-5-7-15(12)22-18(25)23-11-4-3-8-16(23)17-19-9-10-20-17/h5-7,9-10,16H,3-4,8,11H2,1-2H3,(H,19,20)(H,21,24)(H,22,25)/t16-/m1/s1. The minimum atomic E-state index is -0.149. The first kappa shape index (κ1) is 17.0. The number of aromatic amines is 1. The van der Waals surface area contributed by atoms with Gasteiger partial charge in [0.15, 0.2) is 0 Å². The predicted molar refractivity (Wildman–Crippen MR) is 96.4 cm³/mol. The Hall–Kier alpha value is -2.83. The van der Waals surface area contributed by atoms with Crippen LogP contribution < -0.4 is 10.6 Å². The van der Waals surface area contributed by atoms with Crippen molar-refractivity contribution in [1.82, 2.24) is 14.9 Å². The zero-order chi connectivity index (χ0) is 17.8. The van der Waals surface area contributed by atoms with E-state index < -0.39 is 0 Å². The molecule has 3 N–H and O–H groups in total. The Balaban J connectivity index is 1.78. The lowest BCUT2D eigenvalue weighted by atomic mass is 10.0. The normalized spacial score (nSPS) is 17.2. The molecule has 1 aromatic heterocycles. The smallest absolute Gasteiger partial charge is 0.322 e. The van der Waals surface area contributed by atoms with E-state index in [-0.39, 0.29) is 18.0 Å². The minimum absolute atomic E-state index is 0.0393. The van der Waals surface area contributed by atoms with Crippen molar-refractivity contribution < 1.29 is 9.59 Å². The fourth-order valence-electron chi connectivity index (χ4n) is 3.20. The van der Waals surface area contributed by atoms with Crippen LogP contribution in [0.25, 0.3) is 0 Å². The Bertz CT molecular complexity index is 757. The highest BCUT2D eigenvalue weighted by Gasteiger charge is 2.29. The van der Waals surface area contributed by atoms with Crippen LogP contribution in [0.5, 0.6) is 0 Å². The van der Waals surface area contributed by atoms with E-state index in [2.05, 4.69) is 20.6 Å². The maximum atomic E-state index is 12.8. The number of carbonyl (C=O) groups is 2. The minimum Gasteiger partial charge on any atom is -0.347 e. The summed E-state index contributed by atoms with van der Waals surface area (Å²) in [5, 5.41) is 5.76. The van der Waals surface area contributed by atoms with Gasteiger partial charge in [0.25, 0.3) is 0 Å². The third kappa shape index (κ3) is 3.81. The maximum absolute atomic E-state index is 12.8. The molecular formula is C18H23N5O2. The van der Waals surface area contributed by atoms with Crippen LogP contribution >= 0.6 is 0 Å². The van der Waals surface area contributed by atoms with E-state index in [0.717, 1.165) is 30.7 Å². The van der Waals surface area contributed by atoms with Crippen LogP contribution in [0.15, 0.2) is 30.6 Å². The van der Waals surface area contributed by atoms with Crippen LogP contribution in [0.2, 0.25) is 0 Å². The number of urea groups is 1. The van der Waals surface area contributed by atoms with Gasteiger partial charge in [0.05, 0.1) is 6.04 Å². The topological polar surface area (TPSA) is 90.1 Å². The highest BCUT2D eigenvalue weighted by Crippen LogP contribution is 2.30. The fourth-order valence-corrected chi connectivity index (χ4v) is 3.20. The second-order valence-electron chi connectivity index (χ2n) is 6.27. The molecule has 3 rings (SSSR count). The van der Waals surface area contributed by atoms with Crippen LogP contribution in [0.4, 0.5) is 16.2 Å². The molecule has 1 aliphatic heterocycles. The Labute approximate surface area is 146 Å². The number of aromatic nitrogens is 2. The summed E-state index contributed by atoms with van der Waals surface area (Å²) in [4.78, 5) is 33.4. The quantitative estimate of drug-likeness (QED) is 0.799. The lowest BCUT2D eigenvalue weighted by Gasteiger charge is -2.34. The zero-order valence-corrected chi connectivity index (χ0v) is 14.5. The number of hydrogen-bond acceptors (Lipinski definition) is 3. The van der Waals surface area contributed by atoms with Crippen molar-refractivity contribution in [3.8, 4) is 0 Å². The van der Waals surface area contributed by atoms with Crippen molar-refractivity contribution in [3.05, 3.63) is 42.0 Å². The van der Waals surface area contributed by atoms with E-state index >= 15 is 0 Å². The number of likely N-dealkylation sites (tertiary alicyclic amines) is 1. The van der Waals surface area contributed by atoms with Gasteiger partial charge in [-0.3, -0.25) is 4.79 Å². The number of amides is 3. The first-order valence-electron chi connectivity index (χ1n) is 8.50. The summed E-state index contributed by atoms with van der Waals surface area (Å²) < 4.78 is 0. The molecule has 0 unspecified atom stereocenters. The summed E-state index contributed by atoms with van der Waals surface area (Å²) in [6.07, 6.45) is 6.44. The van der Waals surface area contributed by atoms with Crippen molar-refractivity contribution >= 4 is 23.3 Å². The molecule has 0 bridgehead atoms. The van der Waals surface area contributed by atoms with Gasteiger partial charge >= 0.3 is 6.03 Å². The molecule has 0 radical (unpaired) electrons. The van der Waals surface area contributed by atoms with Crippen molar-refractivity contribution in [2.75, 3.05) is 17.2 Å². The number of anilines is 2. The van der Waals surface area contributed by atoms with E-state index in [0.29, 0.717) is 17.9 Å². The van der Waals surface area contributed by atoms with Gasteiger partial charge in [-0.05, 0) is 43.9 Å². The van der Waals surface area contributed by atoms with Gasteiger partial charge in [-0.1, -0.05) is 6.07 Å². The van der Waals surface area contributed by atoms with Gasteiger partial charge in [-0.25, -0.2) is 9.78 Å². The van der Waals surface area contributed by atoms with Crippen LogP contribution in [-0.2, 0) is 4.79 Å². The third-order valence-corrected chi connectivity index (χ3v) is 4.48. The number of rotatable bonds is 3. The molecule has 1 atom stereocenters. The predicted octanol–water partition coefficient (Wildman–Crippen LogP) is 3.44. The monoisotopic (exact) mass is 341 g/mol. The molecule has 2 heterocycles. The molecule has 0 aliphatic carbocycles. The van der Waals surface area contributed by atoms with Gasteiger partial charge in [0, 0.05) is 37.2 Å². The maximum Gasteiger partial charge on any atom is 0.322 e. The second kappa shape index (κ2) is 7.38. The largest absolute Gasteiger partial charge is 0.347 e. The number of benzene rings is 1. The summed E-state index contributed by atoms with van der Waals surface area (Å²) in [6, 6.07) is 5.28. The lowest BCUT2D eigenvalue weighted by molar-refractivity contribution is -0.114.